The first-order valence-electron chi connectivity index (χ1n) is 8.57. The van der Waals surface area contributed by atoms with Crippen LogP contribution in [0, 0.1) is 5.41 Å². The minimum atomic E-state index is -0.554. The molecule has 0 amide bonds. The Morgan fingerprint density at radius 3 is 2.00 bits per heavy atom. The molecule has 0 saturated carbocycles. The van der Waals surface area contributed by atoms with Crippen molar-refractivity contribution in [3.63, 3.8) is 0 Å². The van der Waals surface area contributed by atoms with Crippen molar-refractivity contribution < 1.29 is 9.47 Å². The van der Waals surface area contributed by atoms with Gasteiger partial charge in [-0.05, 0) is 17.4 Å². The summed E-state index contributed by atoms with van der Waals surface area (Å²) in [5, 5.41) is 0. The minimum Gasteiger partial charge on any atom is -0.345 e. The van der Waals surface area contributed by atoms with Gasteiger partial charge < -0.3 is 9.47 Å². The van der Waals surface area contributed by atoms with Gasteiger partial charge in [-0.15, -0.1) is 0 Å². The molecule has 0 radical (unpaired) electrons. The summed E-state index contributed by atoms with van der Waals surface area (Å²) in [4.78, 5) is 0. The first-order valence-corrected chi connectivity index (χ1v) is 8.57. The normalized spacial score (nSPS) is 20.8. The number of hydrogen-bond donors (Lipinski definition) is 0. The van der Waals surface area contributed by atoms with Crippen LogP contribution in [0.15, 0.2) is 24.3 Å². The molecule has 2 heteroatoms. The molecule has 1 heterocycles. The van der Waals surface area contributed by atoms with Crippen LogP contribution in [-0.2, 0) is 20.7 Å². The molecule has 1 aliphatic heterocycles. The molecule has 1 aliphatic rings. The van der Waals surface area contributed by atoms with Crippen LogP contribution in [0.5, 0.6) is 0 Å². The average Bonchev–Trinajstić information content (AvgIpc) is 2.46. The number of rotatable bonds is 4. The molecule has 0 N–H and O–H groups in total. The van der Waals surface area contributed by atoms with Crippen molar-refractivity contribution in [1.82, 2.24) is 0 Å². The maximum absolute atomic E-state index is 6.27. The second-order valence-corrected chi connectivity index (χ2v) is 8.43. The van der Waals surface area contributed by atoms with Crippen LogP contribution in [0.3, 0.4) is 0 Å². The van der Waals surface area contributed by atoms with E-state index in [0.29, 0.717) is 0 Å². The summed E-state index contributed by atoms with van der Waals surface area (Å²) in [5.41, 5.74) is 2.77. The lowest BCUT2D eigenvalue weighted by Gasteiger charge is -2.44. The minimum absolute atomic E-state index is 0.0983. The summed E-state index contributed by atoms with van der Waals surface area (Å²) in [6.07, 6.45) is 3.19. The SMILES string of the molecule is CCCCC1(c2ccc(C(C)(C)C)cc2)OCC(C)(C)CO1. The third-order valence-corrected chi connectivity index (χ3v) is 4.44. The van der Waals surface area contributed by atoms with Crippen LogP contribution in [0.25, 0.3) is 0 Å². The van der Waals surface area contributed by atoms with E-state index >= 15 is 0 Å². The molecule has 0 aromatic heterocycles. The number of unbranched alkanes of at least 4 members (excludes halogenated alkanes) is 1. The molecule has 0 bridgehead atoms. The van der Waals surface area contributed by atoms with Crippen LogP contribution < -0.4 is 0 Å². The van der Waals surface area contributed by atoms with Gasteiger partial charge in [0, 0.05) is 17.4 Å². The highest BCUT2D eigenvalue weighted by atomic mass is 16.7. The Hall–Kier alpha value is -0.860. The fourth-order valence-electron chi connectivity index (χ4n) is 2.80. The molecule has 0 spiro atoms. The fourth-order valence-corrected chi connectivity index (χ4v) is 2.80. The number of hydrogen-bond acceptors (Lipinski definition) is 2. The second-order valence-electron chi connectivity index (χ2n) is 8.43. The molecule has 0 aliphatic carbocycles. The Kier molecular flexibility index (Phi) is 5.03. The van der Waals surface area contributed by atoms with E-state index in [4.69, 9.17) is 9.47 Å². The van der Waals surface area contributed by atoms with Crippen molar-refractivity contribution in [3.05, 3.63) is 35.4 Å². The van der Waals surface area contributed by atoms with E-state index in [-0.39, 0.29) is 10.8 Å². The van der Waals surface area contributed by atoms with Gasteiger partial charge >= 0.3 is 0 Å². The molecule has 1 aromatic rings. The van der Waals surface area contributed by atoms with Crippen LogP contribution in [-0.4, -0.2) is 13.2 Å². The van der Waals surface area contributed by atoms with Crippen LogP contribution in [0.2, 0.25) is 0 Å². The van der Waals surface area contributed by atoms with Crippen LogP contribution in [0.1, 0.15) is 71.9 Å². The van der Waals surface area contributed by atoms with E-state index in [0.717, 1.165) is 38.0 Å². The number of benzene rings is 1. The second kappa shape index (κ2) is 6.33. The highest BCUT2D eigenvalue weighted by molar-refractivity contribution is 5.30. The van der Waals surface area contributed by atoms with Gasteiger partial charge in [-0.2, -0.15) is 0 Å². The fraction of sp³-hybridized carbons (Fsp3) is 0.700. The molecule has 1 fully saturated rings. The van der Waals surface area contributed by atoms with Crippen molar-refractivity contribution in [2.24, 2.45) is 5.41 Å². The molecule has 1 aromatic carbocycles. The molecular formula is C20H32O2. The zero-order valence-electron chi connectivity index (χ0n) is 15.2. The molecule has 0 atom stereocenters. The van der Waals surface area contributed by atoms with Crippen molar-refractivity contribution in [3.8, 4) is 0 Å². The third-order valence-electron chi connectivity index (χ3n) is 4.44. The van der Waals surface area contributed by atoms with E-state index in [1.54, 1.807) is 0 Å². The van der Waals surface area contributed by atoms with Gasteiger partial charge in [0.2, 0.25) is 0 Å². The van der Waals surface area contributed by atoms with Crippen LogP contribution >= 0.6 is 0 Å². The van der Waals surface area contributed by atoms with Gasteiger partial charge in [0.1, 0.15) is 0 Å². The summed E-state index contributed by atoms with van der Waals surface area (Å²) in [7, 11) is 0. The highest BCUT2D eigenvalue weighted by Crippen LogP contribution is 2.40. The monoisotopic (exact) mass is 304 g/mol. The third kappa shape index (κ3) is 3.91. The van der Waals surface area contributed by atoms with Crippen molar-refractivity contribution >= 4 is 0 Å². The lowest BCUT2D eigenvalue weighted by atomic mass is 9.85. The Labute approximate surface area is 136 Å². The largest absolute Gasteiger partial charge is 0.345 e. The molecule has 2 nitrogen and oxygen atoms in total. The van der Waals surface area contributed by atoms with Gasteiger partial charge in [-0.25, -0.2) is 0 Å². The zero-order valence-corrected chi connectivity index (χ0v) is 15.2. The van der Waals surface area contributed by atoms with E-state index in [2.05, 4.69) is 65.8 Å². The van der Waals surface area contributed by atoms with Crippen molar-refractivity contribution in [2.45, 2.75) is 72.0 Å². The van der Waals surface area contributed by atoms with Gasteiger partial charge in [0.05, 0.1) is 13.2 Å². The van der Waals surface area contributed by atoms with Gasteiger partial charge in [0.15, 0.2) is 5.79 Å². The van der Waals surface area contributed by atoms with Gasteiger partial charge in [0.25, 0.3) is 0 Å². The summed E-state index contributed by atoms with van der Waals surface area (Å²) >= 11 is 0. The standard InChI is InChI=1S/C20H32O2/c1-7-8-13-20(21-14-19(5,6)15-22-20)17-11-9-16(10-12-17)18(2,3)4/h9-12H,7-8,13-15H2,1-6H3. The Morgan fingerprint density at radius 2 is 1.55 bits per heavy atom. The lowest BCUT2D eigenvalue weighted by molar-refractivity contribution is -0.311. The molecule has 2 rings (SSSR count). The van der Waals surface area contributed by atoms with Gasteiger partial charge in [-0.1, -0.05) is 72.2 Å². The molecule has 1 saturated heterocycles. The first-order chi connectivity index (χ1) is 10.2. The molecular weight excluding hydrogens is 272 g/mol. The molecule has 22 heavy (non-hydrogen) atoms. The Bertz CT molecular complexity index is 469. The van der Waals surface area contributed by atoms with E-state index in [1.165, 1.54) is 5.56 Å². The van der Waals surface area contributed by atoms with Crippen LogP contribution in [0.4, 0.5) is 0 Å². The van der Waals surface area contributed by atoms with Crippen molar-refractivity contribution in [2.75, 3.05) is 13.2 Å². The summed E-state index contributed by atoms with van der Waals surface area (Å²) in [6.45, 7) is 14.8. The lowest BCUT2D eigenvalue weighted by Crippen LogP contribution is -2.45. The molecule has 0 unspecified atom stereocenters. The average molecular weight is 304 g/mol. The Balaban J connectivity index is 2.26. The predicted octanol–water partition coefficient (Wildman–Crippen LogP) is 5.40. The summed E-state index contributed by atoms with van der Waals surface area (Å²) in [6, 6.07) is 8.81. The smallest absolute Gasteiger partial charge is 0.194 e. The Morgan fingerprint density at radius 1 is 1.00 bits per heavy atom. The van der Waals surface area contributed by atoms with Gasteiger partial charge in [-0.3, -0.25) is 0 Å². The van der Waals surface area contributed by atoms with Crippen molar-refractivity contribution in [1.29, 1.82) is 0 Å². The number of ether oxygens (including phenoxy) is 2. The first kappa shape index (κ1) is 17.5. The summed E-state index contributed by atoms with van der Waals surface area (Å²) in [5.74, 6) is -0.554. The summed E-state index contributed by atoms with van der Waals surface area (Å²) < 4.78 is 12.5. The van der Waals surface area contributed by atoms with E-state index in [9.17, 15) is 0 Å². The topological polar surface area (TPSA) is 18.5 Å². The molecule has 124 valence electrons. The maximum atomic E-state index is 6.27. The zero-order chi connectivity index (χ0) is 16.4. The quantitative estimate of drug-likeness (QED) is 0.741. The maximum Gasteiger partial charge on any atom is 0.194 e. The van der Waals surface area contributed by atoms with E-state index < -0.39 is 5.79 Å². The highest BCUT2D eigenvalue weighted by Gasteiger charge is 2.41. The van der Waals surface area contributed by atoms with E-state index in [1.807, 2.05) is 0 Å². The predicted molar refractivity (Wildman–Crippen MR) is 92.0 cm³/mol.